The van der Waals surface area contributed by atoms with E-state index in [9.17, 15) is 13.2 Å². The maximum atomic E-state index is 11.8. The van der Waals surface area contributed by atoms with E-state index >= 15 is 0 Å². The van der Waals surface area contributed by atoms with Crippen LogP contribution in [-0.2, 0) is 16.8 Å². The zero-order valence-electron chi connectivity index (χ0n) is 11.2. The van der Waals surface area contributed by atoms with Crippen LogP contribution >= 0.6 is 11.3 Å². The van der Waals surface area contributed by atoms with Crippen molar-refractivity contribution in [2.45, 2.75) is 33.4 Å². The number of carboxylic acid groups (broad SMARTS) is 1. The molecule has 108 valence electrons. The summed E-state index contributed by atoms with van der Waals surface area (Å²) >= 11 is 0.972. The fraction of sp³-hybridized carbons (Fsp3) is 0.600. The predicted molar refractivity (Wildman–Crippen MR) is 72.5 cm³/mol. The molecule has 1 heterocycles. The number of nitrogens with zero attached hydrogens (tertiary/aromatic N) is 2. The number of aromatic nitrogens is 1. The van der Waals surface area contributed by atoms with E-state index in [0.29, 0.717) is 10.7 Å². The Morgan fingerprint density at radius 3 is 2.53 bits per heavy atom. The van der Waals surface area contributed by atoms with Crippen LogP contribution in [0.1, 0.15) is 34.2 Å². The lowest BCUT2D eigenvalue weighted by atomic mass is 10.4. The van der Waals surface area contributed by atoms with Crippen LogP contribution in [0.4, 0.5) is 0 Å². The summed E-state index contributed by atoms with van der Waals surface area (Å²) in [5.74, 6) is -1.05. The molecule has 0 aromatic carbocycles. The molecule has 0 bridgehead atoms. The molecule has 9 heteroatoms. The number of aromatic carboxylic acids is 1. The van der Waals surface area contributed by atoms with Crippen LogP contribution in [0, 0.1) is 6.92 Å². The minimum absolute atomic E-state index is 0.0157. The summed E-state index contributed by atoms with van der Waals surface area (Å²) in [4.78, 5) is 15.0. The maximum Gasteiger partial charge on any atom is 0.347 e. The van der Waals surface area contributed by atoms with E-state index in [4.69, 9.17) is 5.11 Å². The Labute approximate surface area is 116 Å². The lowest BCUT2D eigenvalue weighted by Gasteiger charge is -2.20. The first kappa shape index (κ1) is 16.0. The number of aryl methyl sites for hydroxylation is 1. The molecule has 0 aliphatic carbocycles. The van der Waals surface area contributed by atoms with Gasteiger partial charge in [-0.1, -0.05) is 0 Å². The van der Waals surface area contributed by atoms with Crippen molar-refractivity contribution >= 4 is 27.5 Å². The van der Waals surface area contributed by atoms with Crippen molar-refractivity contribution < 1.29 is 18.3 Å². The van der Waals surface area contributed by atoms with Gasteiger partial charge in [-0.05, 0) is 20.8 Å². The Bertz CT molecular complexity index is 565. The van der Waals surface area contributed by atoms with Crippen LogP contribution in [0.15, 0.2) is 0 Å². The lowest BCUT2D eigenvalue weighted by molar-refractivity contribution is 0.0701. The minimum atomic E-state index is -3.58. The smallest absolute Gasteiger partial charge is 0.347 e. The van der Waals surface area contributed by atoms with Gasteiger partial charge in [0.25, 0.3) is 10.2 Å². The minimum Gasteiger partial charge on any atom is -0.477 e. The van der Waals surface area contributed by atoms with E-state index in [0.717, 1.165) is 11.3 Å². The van der Waals surface area contributed by atoms with E-state index in [1.807, 2.05) is 0 Å². The molecule has 1 aromatic rings. The number of thiazole rings is 1. The molecule has 2 N–H and O–H groups in total. The van der Waals surface area contributed by atoms with Gasteiger partial charge < -0.3 is 5.11 Å². The highest BCUT2D eigenvalue weighted by molar-refractivity contribution is 7.87. The van der Waals surface area contributed by atoms with E-state index in [2.05, 4.69) is 9.71 Å². The summed E-state index contributed by atoms with van der Waals surface area (Å²) in [6, 6.07) is -0.162. The number of hydrogen-bond acceptors (Lipinski definition) is 5. The molecule has 0 saturated heterocycles. The second-order valence-electron chi connectivity index (χ2n) is 4.26. The van der Waals surface area contributed by atoms with Gasteiger partial charge in [0.2, 0.25) is 0 Å². The zero-order valence-corrected chi connectivity index (χ0v) is 12.8. The third-order valence-electron chi connectivity index (χ3n) is 2.55. The molecule has 0 radical (unpaired) electrons. The quantitative estimate of drug-likeness (QED) is 0.810. The molecular formula is C10H17N3O4S2. The first-order chi connectivity index (χ1) is 8.65. The summed E-state index contributed by atoms with van der Waals surface area (Å²) in [6.45, 7) is 5.08. The van der Waals surface area contributed by atoms with Crippen LogP contribution in [0.5, 0.6) is 0 Å². The maximum absolute atomic E-state index is 11.8. The number of hydrogen-bond donors (Lipinski definition) is 2. The Morgan fingerprint density at radius 1 is 1.53 bits per heavy atom. The van der Waals surface area contributed by atoms with E-state index in [1.165, 1.54) is 11.4 Å². The first-order valence-electron chi connectivity index (χ1n) is 5.57. The lowest BCUT2D eigenvalue weighted by Crippen LogP contribution is -2.41. The molecule has 1 rings (SSSR count). The van der Waals surface area contributed by atoms with Gasteiger partial charge in [-0.3, -0.25) is 0 Å². The summed E-state index contributed by atoms with van der Waals surface area (Å²) in [7, 11) is -2.10. The Kier molecular flexibility index (Phi) is 5.02. The molecule has 0 aliphatic heterocycles. The molecule has 0 unspecified atom stereocenters. The van der Waals surface area contributed by atoms with Crippen molar-refractivity contribution in [1.82, 2.24) is 14.0 Å². The van der Waals surface area contributed by atoms with Crippen molar-refractivity contribution in [2.24, 2.45) is 0 Å². The zero-order chi connectivity index (χ0) is 14.8. The Balaban J connectivity index is 2.78. The Hall–Kier alpha value is -1.03. The average molecular weight is 307 g/mol. The highest BCUT2D eigenvalue weighted by Crippen LogP contribution is 2.18. The number of nitrogens with one attached hydrogen (secondary N) is 1. The van der Waals surface area contributed by atoms with Crippen molar-refractivity contribution in [3.63, 3.8) is 0 Å². The number of carboxylic acids is 1. The number of rotatable bonds is 6. The van der Waals surface area contributed by atoms with E-state index in [-0.39, 0.29) is 17.5 Å². The summed E-state index contributed by atoms with van der Waals surface area (Å²) < 4.78 is 27.3. The normalized spacial score (nSPS) is 12.3. The SMILES string of the molecule is Cc1nc(CNS(=O)(=O)N(C)C(C)C)sc1C(=O)O. The number of carbonyl (C=O) groups is 1. The fourth-order valence-corrected chi connectivity index (χ4v) is 3.27. The van der Waals surface area contributed by atoms with Gasteiger partial charge in [0.1, 0.15) is 9.88 Å². The van der Waals surface area contributed by atoms with E-state index < -0.39 is 16.2 Å². The van der Waals surface area contributed by atoms with Crippen LogP contribution in [0.3, 0.4) is 0 Å². The molecule has 0 atom stereocenters. The van der Waals surface area contributed by atoms with E-state index in [1.54, 1.807) is 20.8 Å². The standard InChI is InChI=1S/C10H17N3O4S2/c1-6(2)13(4)19(16,17)11-5-8-12-7(3)9(18-8)10(14)15/h6,11H,5H2,1-4H3,(H,14,15). The van der Waals surface area contributed by atoms with Gasteiger partial charge in [-0.2, -0.15) is 17.4 Å². The molecule has 0 spiro atoms. The second-order valence-corrected chi connectivity index (χ2v) is 7.16. The molecular weight excluding hydrogens is 290 g/mol. The van der Waals surface area contributed by atoms with Crippen LogP contribution in [0.25, 0.3) is 0 Å². The summed E-state index contributed by atoms with van der Waals surface area (Å²) in [6.07, 6.45) is 0. The largest absolute Gasteiger partial charge is 0.477 e. The molecule has 1 aromatic heterocycles. The first-order valence-corrected chi connectivity index (χ1v) is 7.83. The van der Waals surface area contributed by atoms with Gasteiger partial charge in [0.05, 0.1) is 12.2 Å². The highest BCUT2D eigenvalue weighted by atomic mass is 32.2. The molecule has 0 aliphatic rings. The van der Waals surface area contributed by atoms with Crippen LogP contribution in [-0.4, -0.2) is 41.9 Å². The summed E-state index contributed by atoms with van der Waals surface area (Å²) in [5.41, 5.74) is 0.393. The molecule has 0 fully saturated rings. The average Bonchev–Trinajstić information content (AvgIpc) is 2.67. The van der Waals surface area contributed by atoms with Crippen molar-refractivity contribution in [2.75, 3.05) is 7.05 Å². The highest BCUT2D eigenvalue weighted by Gasteiger charge is 2.21. The van der Waals surface area contributed by atoms with Gasteiger partial charge in [-0.25, -0.2) is 9.78 Å². The molecule has 19 heavy (non-hydrogen) atoms. The third-order valence-corrected chi connectivity index (χ3v) is 5.38. The van der Waals surface area contributed by atoms with Crippen molar-refractivity contribution in [3.05, 3.63) is 15.6 Å². The Morgan fingerprint density at radius 2 is 2.11 bits per heavy atom. The molecule has 7 nitrogen and oxygen atoms in total. The van der Waals surface area contributed by atoms with Gasteiger partial charge in [0.15, 0.2) is 0 Å². The fourth-order valence-electron chi connectivity index (χ4n) is 1.26. The second kappa shape index (κ2) is 5.95. The summed E-state index contributed by atoms with van der Waals surface area (Å²) in [5, 5.41) is 9.32. The van der Waals surface area contributed by atoms with Crippen LogP contribution in [0.2, 0.25) is 0 Å². The third kappa shape index (κ3) is 3.96. The van der Waals surface area contributed by atoms with Gasteiger partial charge in [-0.15, -0.1) is 11.3 Å². The predicted octanol–water partition coefficient (Wildman–Crippen LogP) is 0.824. The van der Waals surface area contributed by atoms with Crippen molar-refractivity contribution in [3.8, 4) is 0 Å². The molecule has 0 amide bonds. The van der Waals surface area contributed by atoms with Crippen LogP contribution < -0.4 is 4.72 Å². The van der Waals surface area contributed by atoms with Crippen molar-refractivity contribution in [1.29, 1.82) is 0 Å². The topological polar surface area (TPSA) is 99.6 Å². The molecule has 0 saturated carbocycles. The monoisotopic (exact) mass is 307 g/mol. The van der Waals surface area contributed by atoms with Gasteiger partial charge >= 0.3 is 5.97 Å². The van der Waals surface area contributed by atoms with Gasteiger partial charge in [0, 0.05) is 13.1 Å².